The van der Waals surface area contributed by atoms with Crippen molar-refractivity contribution in [2.24, 2.45) is 0 Å². The highest BCUT2D eigenvalue weighted by Crippen LogP contribution is 2.07. The highest BCUT2D eigenvalue weighted by molar-refractivity contribution is 5.20. The van der Waals surface area contributed by atoms with Crippen LogP contribution in [0.3, 0.4) is 0 Å². The lowest BCUT2D eigenvalue weighted by molar-refractivity contribution is 0.0288. The van der Waals surface area contributed by atoms with Gasteiger partial charge in [0.1, 0.15) is 24.3 Å². The fourth-order valence-electron chi connectivity index (χ4n) is 1.44. The van der Waals surface area contributed by atoms with E-state index in [0.717, 1.165) is 11.4 Å². The summed E-state index contributed by atoms with van der Waals surface area (Å²) >= 11 is 0. The Morgan fingerprint density at radius 1 is 0.895 bits per heavy atom. The highest BCUT2D eigenvalue weighted by Gasteiger charge is 1.96. The van der Waals surface area contributed by atoms with Crippen LogP contribution >= 0.6 is 0 Å². The van der Waals surface area contributed by atoms with Crippen LogP contribution in [0.2, 0.25) is 0 Å². The second-order valence-corrected chi connectivity index (χ2v) is 3.82. The largest absolute Gasteiger partial charge is 0.491 e. The number of hydrogen-bond donors (Lipinski definition) is 0. The molecule has 2 aromatic rings. The van der Waals surface area contributed by atoms with Crippen LogP contribution in [-0.4, -0.2) is 31.6 Å². The van der Waals surface area contributed by atoms with Crippen LogP contribution in [-0.2, 0) is 16.1 Å². The topological polar surface area (TPSA) is 53.7 Å². The Morgan fingerprint density at radius 2 is 1.68 bits per heavy atom. The summed E-state index contributed by atoms with van der Waals surface area (Å²) in [7, 11) is 0. The van der Waals surface area contributed by atoms with Crippen LogP contribution in [0.1, 0.15) is 5.69 Å². The maximum Gasteiger partial charge on any atom is 0.124 e. The SMILES string of the molecule is c1ccc(OCCOCCOCc2ccon2)cc1. The minimum Gasteiger partial charge on any atom is -0.491 e. The first-order valence-electron chi connectivity index (χ1n) is 6.18. The molecule has 5 heteroatoms. The molecule has 1 aromatic heterocycles. The summed E-state index contributed by atoms with van der Waals surface area (Å²) in [6.45, 7) is 2.59. The third-order valence-corrected chi connectivity index (χ3v) is 2.35. The maximum atomic E-state index is 5.48. The van der Waals surface area contributed by atoms with Gasteiger partial charge in [-0.25, -0.2) is 0 Å². The number of hydrogen-bond acceptors (Lipinski definition) is 5. The van der Waals surface area contributed by atoms with Crippen molar-refractivity contribution in [1.82, 2.24) is 5.16 Å². The summed E-state index contributed by atoms with van der Waals surface area (Å²) < 4.78 is 20.9. The molecule has 0 bridgehead atoms. The molecule has 102 valence electrons. The molecule has 1 heterocycles. The molecule has 5 nitrogen and oxygen atoms in total. The van der Waals surface area contributed by atoms with Crippen LogP contribution in [0.5, 0.6) is 5.75 Å². The van der Waals surface area contributed by atoms with E-state index in [1.54, 1.807) is 6.07 Å². The van der Waals surface area contributed by atoms with Gasteiger partial charge in [0.2, 0.25) is 0 Å². The van der Waals surface area contributed by atoms with E-state index in [4.69, 9.17) is 14.2 Å². The minimum atomic E-state index is 0.445. The molecule has 0 N–H and O–H groups in total. The van der Waals surface area contributed by atoms with E-state index in [1.807, 2.05) is 30.3 Å². The zero-order valence-electron chi connectivity index (χ0n) is 10.7. The molecular weight excluding hydrogens is 246 g/mol. The Bertz CT molecular complexity index is 430. The fraction of sp³-hybridized carbons (Fsp3) is 0.357. The van der Waals surface area contributed by atoms with Crippen molar-refractivity contribution in [3.63, 3.8) is 0 Å². The second-order valence-electron chi connectivity index (χ2n) is 3.82. The zero-order chi connectivity index (χ0) is 13.2. The van der Waals surface area contributed by atoms with Gasteiger partial charge in [0.25, 0.3) is 0 Å². The number of ether oxygens (including phenoxy) is 3. The Kier molecular flexibility index (Phi) is 5.92. The molecule has 0 aliphatic carbocycles. The van der Waals surface area contributed by atoms with Crippen molar-refractivity contribution in [2.45, 2.75) is 6.61 Å². The third-order valence-electron chi connectivity index (χ3n) is 2.35. The molecule has 2 rings (SSSR count). The van der Waals surface area contributed by atoms with Crippen molar-refractivity contribution >= 4 is 0 Å². The summed E-state index contributed by atoms with van der Waals surface area (Å²) in [5.41, 5.74) is 0.785. The van der Waals surface area contributed by atoms with E-state index in [-0.39, 0.29) is 0 Å². The van der Waals surface area contributed by atoms with Crippen LogP contribution in [0.25, 0.3) is 0 Å². The minimum absolute atomic E-state index is 0.445. The van der Waals surface area contributed by atoms with Crippen molar-refractivity contribution in [1.29, 1.82) is 0 Å². The molecule has 0 amide bonds. The van der Waals surface area contributed by atoms with Crippen LogP contribution in [0, 0.1) is 0 Å². The molecule has 0 atom stereocenters. The van der Waals surface area contributed by atoms with Gasteiger partial charge in [-0.15, -0.1) is 0 Å². The lowest BCUT2D eigenvalue weighted by atomic mass is 10.3. The quantitative estimate of drug-likeness (QED) is 0.650. The standard InChI is InChI=1S/C14H17NO4/c1-2-4-14(5-3-1)18-11-10-16-8-9-17-12-13-6-7-19-15-13/h1-7H,8-12H2. The lowest BCUT2D eigenvalue weighted by Gasteiger charge is -2.07. The number of rotatable bonds is 9. The summed E-state index contributed by atoms with van der Waals surface area (Å²) in [5, 5.41) is 3.74. The molecule has 1 aromatic carbocycles. The lowest BCUT2D eigenvalue weighted by Crippen LogP contribution is -2.10. The Morgan fingerprint density at radius 3 is 2.47 bits per heavy atom. The van der Waals surface area contributed by atoms with Gasteiger partial charge in [0.05, 0.1) is 26.4 Å². The van der Waals surface area contributed by atoms with Gasteiger partial charge >= 0.3 is 0 Å². The molecule has 19 heavy (non-hydrogen) atoms. The molecule has 0 aliphatic heterocycles. The molecule has 0 saturated heterocycles. The first-order chi connectivity index (χ1) is 9.45. The van der Waals surface area contributed by atoms with Crippen molar-refractivity contribution in [3.8, 4) is 5.75 Å². The van der Waals surface area contributed by atoms with Gasteiger partial charge in [-0.1, -0.05) is 23.4 Å². The summed E-state index contributed by atoms with van der Waals surface area (Å²) in [4.78, 5) is 0. The Hall–Kier alpha value is -1.85. The number of benzene rings is 1. The monoisotopic (exact) mass is 263 g/mol. The van der Waals surface area contributed by atoms with E-state index in [0.29, 0.717) is 33.0 Å². The predicted octanol–water partition coefficient (Wildman–Crippen LogP) is 2.29. The molecule has 0 aliphatic rings. The third kappa shape index (κ3) is 5.54. The zero-order valence-corrected chi connectivity index (χ0v) is 10.7. The predicted molar refractivity (Wildman–Crippen MR) is 68.9 cm³/mol. The molecule has 0 unspecified atom stereocenters. The van der Waals surface area contributed by atoms with E-state index in [9.17, 15) is 0 Å². The van der Waals surface area contributed by atoms with E-state index < -0.39 is 0 Å². The van der Waals surface area contributed by atoms with E-state index in [2.05, 4.69) is 9.68 Å². The smallest absolute Gasteiger partial charge is 0.124 e. The Labute approximate surface area is 112 Å². The summed E-state index contributed by atoms with van der Waals surface area (Å²) in [5.74, 6) is 0.855. The average Bonchev–Trinajstić information content (AvgIpc) is 2.96. The summed E-state index contributed by atoms with van der Waals surface area (Å²) in [6, 6.07) is 11.4. The average molecular weight is 263 g/mol. The fourth-order valence-corrected chi connectivity index (χ4v) is 1.44. The molecule has 0 fully saturated rings. The second kappa shape index (κ2) is 8.29. The normalized spacial score (nSPS) is 10.5. The van der Waals surface area contributed by atoms with Gasteiger partial charge in [0.15, 0.2) is 0 Å². The summed E-state index contributed by atoms with van der Waals surface area (Å²) in [6.07, 6.45) is 1.52. The van der Waals surface area contributed by atoms with Crippen LogP contribution in [0.4, 0.5) is 0 Å². The first-order valence-corrected chi connectivity index (χ1v) is 6.18. The van der Waals surface area contributed by atoms with Gasteiger partial charge < -0.3 is 18.7 Å². The highest BCUT2D eigenvalue weighted by atomic mass is 16.5. The number of aromatic nitrogens is 1. The molecule has 0 spiro atoms. The number of para-hydroxylation sites is 1. The van der Waals surface area contributed by atoms with E-state index >= 15 is 0 Å². The van der Waals surface area contributed by atoms with Crippen LogP contribution in [0.15, 0.2) is 47.2 Å². The van der Waals surface area contributed by atoms with Gasteiger partial charge in [0, 0.05) is 6.07 Å². The van der Waals surface area contributed by atoms with Gasteiger partial charge in [-0.3, -0.25) is 0 Å². The molecule has 0 saturated carbocycles. The number of nitrogens with zero attached hydrogens (tertiary/aromatic N) is 1. The molecule has 0 radical (unpaired) electrons. The maximum absolute atomic E-state index is 5.48. The first kappa shape index (κ1) is 13.6. The molecular formula is C14H17NO4. The van der Waals surface area contributed by atoms with Crippen LogP contribution < -0.4 is 4.74 Å². The van der Waals surface area contributed by atoms with Crippen molar-refractivity contribution in [3.05, 3.63) is 48.4 Å². The van der Waals surface area contributed by atoms with Crippen molar-refractivity contribution in [2.75, 3.05) is 26.4 Å². The van der Waals surface area contributed by atoms with E-state index in [1.165, 1.54) is 6.26 Å². The van der Waals surface area contributed by atoms with Gasteiger partial charge in [-0.05, 0) is 12.1 Å². The van der Waals surface area contributed by atoms with Crippen molar-refractivity contribution < 1.29 is 18.7 Å². The Balaban J connectivity index is 1.42. The van der Waals surface area contributed by atoms with Gasteiger partial charge in [-0.2, -0.15) is 0 Å².